The first kappa shape index (κ1) is 8.47. The van der Waals surface area contributed by atoms with Gasteiger partial charge in [-0.3, -0.25) is 0 Å². The van der Waals surface area contributed by atoms with Gasteiger partial charge in [0.2, 0.25) is 10.0 Å². The van der Waals surface area contributed by atoms with E-state index in [2.05, 4.69) is 10.0 Å². The first-order valence-electron chi connectivity index (χ1n) is 4.40. The molecule has 1 saturated carbocycles. The molecule has 4 nitrogen and oxygen atoms in total. The summed E-state index contributed by atoms with van der Waals surface area (Å²) in [5.41, 5.74) is 0. The van der Waals surface area contributed by atoms with Gasteiger partial charge in [-0.25, -0.2) is 13.1 Å². The van der Waals surface area contributed by atoms with Crippen molar-refractivity contribution in [1.29, 1.82) is 0 Å². The molecule has 0 aromatic rings. The first-order valence-corrected chi connectivity index (χ1v) is 5.95. The van der Waals surface area contributed by atoms with Gasteiger partial charge >= 0.3 is 0 Å². The van der Waals surface area contributed by atoms with Crippen molar-refractivity contribution in [2.24, 2.45) is 0 Å². The number of rotatable bonds is 3. The maximum absolute atomic E-state index is 11.5. The van der Waals surface area contributed by atoms with Crippen molar-refractivity contribution in [3.05, 3.63) is 0 Å². The molecule has 1 aliphatic carbocycles. The molecule has 1 atom stereocenters. The lowest BCUT2D eigenvalue weighted by atomic mass is 10.4. The highest BCUT2D eigenvalue weighted by Gasteiger charge is 2.33. The van der Waals surface area contributed by atoms with E-state index in [-0.39, 0.29) is 11.3 Å². The highest BCUT2D eigenvalue weighted by atomic mass is 32.2. The Hall–Kier alpha value is -0.130. The van der Waals surface area contributed by atoms with E-state index in [4.69, 9.17) is 0 Å². The number of nitrogens with one attached hydrogen (secondary N) is 2. The van der Waals surface area contributed by atoms with Gasteiger partial charge < -0.3 is 5.32 Å². The molecular weight excluding hydrogens is 176 g/mol. The average molecular weight is 190 g/mol. The fraction of sp³-hybridized carbons (Fsp3) is 1.00. The minimum Gasteiger partial charge on any atom is -0.315 e. The van der Waals surface area contributed by atoms with Gasteiger partial charge in [-0.1, -0.05) is 0 Å². The van der Waals surface area contributed by atoms with E-state index >= 15 is 0 Å². The Morgan fingerprint density at radius 3 is 2.50 bits per heavy atom. The zero-order valence-electron chi connectivity index (χ0n) is 6.91. The van der Waals surface area contributed by atoms with Crippen LogP contribution in [-0.4, -0.2) is 32.8 Å². The lowest BCUT2D eigenvalue weighted by Crippen LogP contribution is -2.36. The largest absolute Gasteiger partial charge is 0.315 e. The summed E-state index contributed by atoms with van der Waals surface area (Å²) in [6.07, 6.45) is 2.78. The summed E-state index contributed by atoms with van der Waals surface area (Å²) < 4.78 is 25.8. The van der Waals surface area contributed by atoms with Crippen LogP contribution >= 0.6 is 0 Å². The molecule has 1 unspecified atom stereocenters. The summed E-state index contributed by atoms with van der Waals surface area (Å²) in [6.45, 7) is 1.44. The van der Waals surface area contributed by atoms with Crippen molar-refractivity contribution in [2.75, 3.05) is 13.1 Å². The standard InChI is InChI=1S/C7H14N2O2S/c10-12(11,9-6-1-2-6)7-3-4-8-5-7/h6-9H,1-5H2. The predicted octanol–water partition coefficient (Wildman–Crippen LogP) is -0.570. The Morgan fingerprint density at radius 1 is 1.25 bits per heavy atom. The molecule has 0 amide bonds. The zero-order valence-corrected chi connectivity index (χ0v) is 7.73. The van der Waals surface area contributed by atoms with Crippen LogP contribution in [0.2, 0.25) is 0 Å². The van der Waals surface area contributed by atoms with E-state index in [1.54, 1.807) is 0 Å². The van der Waals surface area contributed by atoms with E-state index in [1.807, 2.05) is 0 Å². The molecule has 2 rings (SSSR count). The summed E-state index contributed by atoms with van der Waals surface area (Å²) in [4.78, 5) is 0. The third-order valence-electron chi connectivity index (χ3n) is 2.36. The van der Waals surface area contributed by atoms with Crippen molar-refractivity contribution < 1.29 is 8.42 Å². The van der Waals surface area contributed by atoms with Crippen LogP contribution in [0.5, 0.6) is 0 Å². The molecule has 0 bridgehead atoms. The van der Waals surface area contributed by atoms with Crippen LogP contribution in [0, 0.1) is 0 Å². The zero-order chi connectivity index (χ0) is 8.60. The van der Waals surface area contributed by atoms with Gasteiger partial charge in [0.1, 0.15) is 0 Å². The van der Waals surface area contributed by atoms with Gasteiger partial charge in [0.05, 0.1) is 5.25 Å². The van der Waals surface area contributed by atoms with Crippen molar-refractivity contribution >= 4 is 10.0 Å². The van der Waals surface area contributed by atoms with Gasteiger partial charge in [0, 0.05) is 12.6 Å². The summed E-state index contributed by atoms with van der Waals surface area (Å²) in [7, 11) is -3.01. The molecule has 0 radical (unpaired) electrons. The van der Waals surface area contributed by atoms with Gasteiger partial charge in [0.25, 0.3) is 0 Å². The van der Waals surface area contributed by atoms with Crippen LogP contribution < -0.4 is 10.0 Å². The fourth-order valence-electron chi connectivity index (χ4n) is 1.42. The Bertz CT molecular complexity index is 253. The highest BCUT2D eigenvalue weighted by molar-refractivity contribution is 7.90. The maximum atomic E-state index is 11.5. The van der Waals surface area contributed by atoms with Gasteiger partial charge in [0.15, 0.2) is 0 Å². The van der Waals surface area contributed by atoms with Crippen molar-refractivity contribution in [3.63, 3.8) is 0 Å². The minimum absolute atomic E-state index is 0.196. The monoisotopic (exact) mass is 190 g/mol. The lowest BCUT2D eigenvalue weighted by molar-refractivity contribution is 0.567. The van der Waals surface area contributed by atoms with E-state index in [0.29, 0.717) is 6.54 Å². The molecule has 0 aromatic heterocycles. The lowest BCUT2D eigenvalue weighted by Gasteiger charge is -2.10. The average Bonchev–Trinajstić information content (AvgIpc) is 2.67. The van der Waals surface area contributed by atoms with Gasteiger partial charge in [-0.15, -0.1) is 0 Å². The van der Waals surface area contributed by atoms with Crippen LogP contribution in [0.3, 0.4) is 0 Å². The molecule has 2 fully saturated rings. The summed E-state index contributed by atoms with van der Waals surface area (Å²) >= 11 is 0. The second-order valence-corrected chi connectivity index (χ2v) is 5.54. The molecule has 0 aromatic carbocycles. The summed E-state index contributed by atoms with van der Waals surface area (Å²) in [5.74, 6) is 0. The van der Waals surface area contributed by atoms with Crippen LogP contribution in [0.15, 0.2) is 0 Å². The second-order valence-electron chi connectivity index (χ2n) is 3.55. The third kappa shape index (κ3) is 1.78. The molecule has 1 aliphatic heterocycles. The number of hydrogen-bond acceptors (Lipinski definition) is 3. The van der Waals surface area contributed by atoms with E-state index < -0.39 is 10.0 Å². The number of hydrogen-bond donors (Lipinski definition) is 2. The van der Waals surface area contributed by atoms with Crippen LogP contribution in [0.1, 0.15) is 19.3 Å². The SMILES string of the molecule is O=S(=O)(NC1CC1)C1CCNC1. The topological polar surface area (TPSA) is 58.2 Å². The Labute approximate surface area is 72.8 Å². The predicted molar refractivity (Wildman–Crippen MR) is 46.4 cm³/mol. The molecule has 5 heteroatoms. The van der Waals surface area contributed by atoms with Crippen molar-refractivity contribution in [2.45, 2.75) is 30.6 Å². The van der Waals surface area contributed by atoms with E-state index in [9.17, 15) is 8.42 Å². The Morgan fingerprint density at radius 2 is 2.00 bits per heavy atom. The molecule has 2 aliphatic rings. The second kappa shape index (κ2) is 2.97. The molecule has 12 heavy (non-hydrogen) atoms. The molecule has 0 spiro atoms. The molecule has 1 saturated heterocycles. The highest BCUT2D eigenvalue weighted by Crippen LogP contribution is 2.21. The maximum Gasteiger partial charge on any atom is 0.216 e. The number of sulfonamides is 1. The minimum atomic E-state index is -3.01. The first-order chi connectivity index (χ1) is 5.68. The van der Waals surface area contributed by atoms with Crippen LogP contribution in [0.4, 0.5) is 0 Å². The molecular formula is C7H14N2O2S. The van der Waals surface area contributed by atoms with E-state index in [0.717, 1.165) is 25.8 Å². The van der Waals surface area contributed by atoms with E-state index in [1.165, 1.54) is 0 Å². The van der Waals surface area contributed by atoms with Crippen molar-refractivity contribution in [1.82, 2.24) is 10.0 Å². The molecule has 2 N–H and O–H groups in total. The fourth-order valence-corrected chi connectivity index (χ4v) is 3.08. The van der Waals surface area contributed by atoms with Crippen molar-refractivity contribution in [3.8, 4) is 0 Å². The molecule has 70 valence electrons. The Kier molecular flexibility index (Phi) is 2.10. The quantitative estimate of drug-likeness (QED) is 0.626. The summed E-state index contributed by atoms with van der Waals surface area (Å²) in [5, 5.41) is 2.86. The summed E-state index contributed by atoms with van der Waals surface area (Å²) in [6, 6.07) is 0.246. The van der Waals surface area contributed by atoms with Gasteiger partial charge in [-0.05, 0) is 25.8 Å². The Balaban J connectivity index is 1.97. The third-order valence-corrected chi connectivity index (χ3v) is 4.30. The normalized spacial score (nSPS) is 30.8. The molecule has 1 heterocycles. The van der Waals surface area contributed by atoms with Crippen LogP contribution in [0.25, 0.3) is 0 Å². The van der Waals surface area contributed by atoms with Crippen LogP contribution in [-0.2, 0) is 10.0 Å². The van der Waals surface area contributed by atoms with Gasteiger partial charge in [-0.2, -0.15) is 0 Å². The smallest absolute Gasteiger partial charge is 0.216 e.